The molecule has 2 nitrogen and oxygen atoms in total. The van der Waals surface area contributed by atoms with Crippen molar-refractivity contribution in [2.24, 2.45) is 4.99 Å². The molecule has 2 aromatic carbocycles. The van der Waals surface area contributed by atoms with Crippen molar-refractivity contribution in [3.63, 3.8) is 0 Å². The minimum Gasteiger partial charge on any atom is -0.372 e. The Morgan fingerprint density at radius 3 is 2.59 bits per heavy atom. The summed E-state index contributed by atoms with van der Waals surface area (Å²) in [6.45, 7) is 1.36. The van der Waals surface area contributed by atoms with Gasteiger partial charge in [0.25, 0.3) is 0 Å². The second kappa shape index (κ2) is 7.36. The Morgan fingerprint density at radius 2 is 1.86 bits per heavy atom. The Labute approximate surface area is 147 Å². The summed E-state index contributed by atoms with van der Waals surface area (Å²) in [6.07, 6.45) is 0. The molecule has 3 rings (SSSR count). The molecule has 0 aliphatic carbocycles. The van der Waals surface area contributed by atoms with Gasteiger partial charge in [-0.1, -0.05) is 41.9 Å². The van der Waals surface area contributed by atoms with E-state index < -0.39 is 0 Å². The van der Waals surface area contributed by atoms with Crippen LogP contribution in [0.5, 0.6) is 0 Å². The summed E-state index contributed by atoms with van der Waals surface area (Å²) in [6, 6.07) is 16.1. The summed E-state index contributed by atoms with van der Waals surface area (Å²) in [5.41, 5.74) is 4.19. The summed E-state index contributed by atoms with van der Waals surface area (Å²) in [5, 5.41) is 0.714. The third kappa shape index (κ3) is 3.57. The van der Waals surface area contributed by atoms with Gasteiger partial charge >= 0.3 is 0 Å². The van der Waals surface area contributed by atoms with Crippen LogP contribution in [0.4, 0.5) is 5.69 Å². The first-order valence-corrected chi connectivity index (χ1v) is 7.71. The molecule has 0 saturated carbocycles. The molecule has 0 N–H and O–H groups in total. The van der Waals surface area contributed by atoms with Gasteiger partial charge in [-0.25, -0.2) is 0 Å². The molecule has 0 fully saturated rings. The molecular formula is C17H17Cl3N2. The second-order valence-electron chi connectivity index (χ2n) is 5.19. The van der Waals surface area contributed by atoms with Crippen molar-refractivity contribution in [2.75, 3.05) is 25.0 Å². The zero-order valence-corrected chi connectivity index (χ0v) is 14.5. The van der Waals surface area contributed by atoms with Gasteiger partial charge in [-0.3, -0.25) is 4.99 Å². The van der Waals surface area contributed by atoms with Crippen molar-refractivity contribution >= 4 is 47.0 Å². The maximum atomic E-state index is 6.36. The number of alkyl halides is 1. The standard InChI is InChI=1S/C17H16Cl2N2.ClH/c1-21-11-14(19)10-20-17(12-5-3-2-4-6-12)15-9-13(18)7-8-16(15)21;/h2-9,14H,10-11H2,1H3;1H/b20-17-;. The van der Waals surface area contributed by atoms with Crippen LogP contribution in [0.3, 0.4) is 0 Å². The Hall–Kier alpha value is -1.22. The number of aliphatic imine (C=N–C) groups is 1. The fourth-order valence-electron chi connectivity index (χ4n) is 2.60. The zero-order valence-electron chi connectivity index (χ0n) is 12.2. The van der Waals surface area contributed by atoms with Crippen LogP contribution in [0.2, 0.25) is 5.02 Å². The molecule has 1 unspecified atom stereocenters. The normalized spacial score (nSPS) is 20.0. The Balaban J connectivity index is 0.00000176. The van der Waals surface area contributed by atoms with E-state index in [-0.39, 0.29) is 17.8 Å². The molecule has 116 valence electrons. The zero-order chi connectivity index (χ0) is 14.8. The number of anilines is 1. The number of hydrogen-bond acceptors (Lipinski definition) is 2. The van der Waals surface area contributed by atoms with Gasteiger partial charge in [0.15, 0.2) is 0 Å². The highest BCUT2D eigenvalue weighted by Gasteiger charge is 2.20. The maximum Gasteiger partial charge on any atom is 0.0740 e. The third-order valence-corrected chi connectivity index (χ3v) is 4.10. The van der Waals surface area contributed by atoms with Crippen LogP contribution in [0.15, 0.2) is 53.5 Å². The Bertz CT molecular complexity index is 671. The lowest BCUT2D eigenvalue weighted by Crippen LogP contribution is -2.31. The monoisotopic (exact) mass is 354 g/mol. The lowest BCUT2D eigenvalue weighted by atomic mass is 9.99. The molecule has 2 aromatic rings. The lowest BCUT2D eigenvalue weighted by molar-refractivity contribution is 0.798. The molecule has 0 aromatic heterocycles. The average Bonchev–Trinajstić information content (AvgIpc) is 2.47. The largest absolute Gasteiger partial charge is 0.372 e. The Kier molecular flexibility index (Phi) is 5.74. The summed E-state index contributed by atoms with van der Waals surface area (Å²) in [4.78, 5) is 6.92. The SMILES string of the molecule is CN1CC(Cl)C/N=C(/c2ccccc2)c2cc(Cl)ccc21.Cl. The quantitative estimate of drug-likeness (QED) is 0.679. The number of halogens is 3. The summed E-state index contributed by atoms with van der Waals surface area (Å²) >= 11 is 12.6. The van der Waals surface area contributed by atoms with Crippen LogP contribution >= 0.6 is 35.6 Å². The van der Waals surface area contributed by atoms with E-state index in [1.165, 1.54) is 0 Å². The van der Waals surface area contributed by atoms with E-state index in [0.717, 1.165) is 29.1 Å². The number of nitrogens with zero attached hydrogens (tertiary/aromatic N) is 2. The first-order valence-electron chi connectivity index (χ1n) is 6.90. The van der Waals surface area contributed by atoms with Crippen LogP contribution in [0, 0.1) is 0 Å². The fourth-order valence-corrected chi connectivity index (χ4v) is 3.05. The summed E-state index contributed by atoms with van der Waals surface area (Å²) < 4.78 is 0. The molecule has 0 amide bonds. The van der Waals surface area contributed by atoms with Gasteiger partial charge in [0.2, 0.25) is 0 Å². The van der Waals surface area contributed by atoms with Gasteiger partial charge in [-0.2, -0.15) is 0 Å². The number of hydrogen-bond donors (Lipinski definition) is 0. The van der Waals surface area contributed by atoms with E-state index >= 15 is 0 Å². The molecule has 1 heterocycles. The molecule has 1 aliphatic heterocycles. The highest BCUT2D eigenvalue weighted by Crippen LogP contribution is 2.28. The fraction of sp³-hybridized carbons (Fsp3) is 0.235. The van der Waals surface area contributed by atoms with E-state index in [4.69, 9.17) is 28.2 Å². The van der Waals surface area contributed by atoms with Gasteiger partial charge in [-0.15, -0.1) is 24.0 Å². The van der Waals surface area contributed by atoms with Crippen molar-refractivity contribution in [2.45, 2.75) is 5.38 Å². The van der Waals surface area contributed by atoms with Gasteiger partial charge in [0.1, 0.15) is 0 Å². The summed E-state index contributed by atoms with van der Waals surface area (Å²) in [5.74, 6) is 0. The smallest absolute Gasteiger partial charge is 0.0740 e. The molecule has 1 atom stereocenters. The van der Waals surface area contributed by atoms with Crippen LogP contribution < -0.4 is 4.90 Å². The first kappa shape index (κ1) is 17.1. The predicted octanol–water partition coefficient (Wildman–Crippen LogP) is 4.66. The van der Waals surface area contributed by atoms with Crippen molar-refractivity contribution < 1.29 is 0 Å². The summed E-state index contributed by atoms with van der Waals surface area (Å²) in [7, 11) is 2.05. The van der Waals surface area contributed by atoms with Crippen LogP contribution in [-0.2, 0) is 0 Å². The average molecular weight is 356 g/mol. The minimum atomic E-state index is -0.00228. The molecule has 22 heavy (non-hydrogen) atoms. The minimum absolute atomic E-state index is 0. The van der Waals surface area contributed by atoms with Gasteiger partial charge in [0, 0.05) is 35.4 Å². The molecular weight excluding hydrogens is 339 g/mol. The maximum absolute atomic E-state index is 6.36. The van der Waals surface area contributed by atoms with E-state index in [9.17, 15) is 0 Å². The molecule has 0 bridgehead atoms. The molecule has 0 radical (unpaired) electrons. The van der Waals surface area contributed by atoms with Gasteiger partial charge < -0.3 is 4.90 Å². The van der Waals surface area contributed by atoms with E-state index in [1.54, 1.807) is 0 Å². The highest BCUT2D eigenvalue weighted by atomic mass is 35.5. The van der Waals surface area contributed by atoms with Crippen LogP contribution in [0.1, 0.15) is 11.1 Å². The molecule has 0 saturated heterocycles. The second-order valence-corrected chi connectivity index (χ2v) is 6.25. The van der Waals surface area contributed by atoms with Crippen molar-refractivity contribution in [1.29, 1.82) is 0 Å². The Morgan fingerprint density at radius 1 is 1.14 bits per heavy atom. The lowest BCUT2D eigenvalue weighted by Gasteiger charge is -2.27. The van der Waals surface area contributed by atoms with E-state index in [1.807, 2.05) is 36.4 Å². The number of benzene rings is 2. The van der Waals surface area contributed by atoms with Crippen LogP contribution in [0.25, 0.3) is 0 Å². The van der Waals surface area contributed by atoms with Crippen molar-refractivity contribution in [3.8, 4) is 0 Å². The highest BCUT2D eigenvalue weighted by molar-refractivity contribution is 6.31. The van der Waals surface area contributed by atoms with Gasteiger partial charge in [0.05, 0.1) is 17.6 Å². The van der Waals surface area contributed by atoms with Gasteiger partial charge in [-0.05, 0) is 18.2 Å². The van der Waals surface area contributed by atoms with Crippen LogP contribution in [-0.4, -0.2) is 31.2 Å². The van der Waals surface area contributed by atoms with E-state index in [0.29, 0.717) is 11.6 Å². The third-order valence-electron chi connectivity index (χ3n) is 3.59. The topological polar surface area (TPSA) is 15.6 Å². The van der Waals surface area contributed by atoms with Crippen molar-refractivity contribution in [3.05, 3.63) is 64.7 Å². The molecule has 1 aliphatic rings. The molecule has 5 heteroatoms. The number of rotatable bonds is 1. The van der Waals surface area contributed by atoms with Crippen molar-refractivity contribution in [1.82, 2.24) is 0 Å². The molecule has 0 spiro atoms. The number of fused-ring (bicyclic) bond motifs is 1. The first-order chi connectivity index (χ1) is 10.1. The van der Waals surface area contributed by atoms with E-state index in [2.05, 4.69) is 24.1 Å². The predicted molar refractivity (Wildman–Crippen MR) is 98.6 cm³/mol.